The fourth-order valence-electron chi connectivity index (χ4n) is 2.72. The molecule has 0 aromatic heterocycles. The second-order valence-electron chi connectivity index (χ2n) is 6.24. The van der Waals surface area contributed by atoms with Gasteiger partial charge in [-0.1, -0.05) is 65.1 Å². The minimum atomic E-state index is -4.03. The number of sulfonamides is 1. The third-order valence-corrected chi connectivity index (χ3v) is 7.12. The maximum atomic E-state index is 13.3. The van der Waals surface area contributed by atoms with E-state index in [0.717, 1.165) is 6.07 Å². The summed E-state index contributed by atoms with van der Waals surface area (Å²) in [5, 5.41) is 0.285. The molecule has 0 unspecified atom stereocenters. The molecule has 0 radical (unpaired) electrons. The summed E-state index contributed by atoms with van der Waals surface area (Å²) >= 11 is 18.2. The molecule has 0 heterocycles. The first-order chi connectivity index (χ1) is 14.8. The monoisotopic (exact) mass is 495 g/mol. The van der Waals surface area contributed by atoms with Crippen LogP contribution in [0.1, 0.15) is 10.4 Å². The second-order valence-corrected chi connectivity index (χ2v) is 9.30. The van der Waals surface area contributed by atoms with Crippen LogP contribution in [0.4, 0.5) is 5.69 Å². The van der Waals surface area contributed by atoms with Crippen LogP contribution in [-0.4, -0.2) is 20.9 Å². The van der Waals surface area contributed by atoms with Crippen LogP contribution < -0.4 is 9.04 Å². The largest absolute Gasteiger partial charge is 0.421 e. The van der Waals surface area contributed by atoms with Crippen molar-refractivity contribution in [2.45, 2.75) is 4.90 Å². The number of rotatable bonds is 7. The number of carbonyl (C=O) groups excluding carboxylic acids is 1. The molecular weight excluding hydrogens is 481 g/mol. The number of carbonyl (C=O) groups is 1. The summed E-state index contributed by atoms with van der Waals surface area (Å²) < 4.78 is 33.1. The van der Waals surface area contributed by atoms with E-state index in [2.05, 4.69) is 6.58 Å². The van der Waals surface area contributed by atoms with Crippen molar-refractivity contribution in [3.63, 3.8) is 0 Å². The van der Waals surface area contributed by atoms with E-state index in [4.69, 9.17) is 39.5 Å². The molecule has 3 aromatic carbocycles. The van der Waals surface area contributed by atoms with Crippen LogP contribution in [0.25, 0.3) is 0 Å². The van der Waals surface area contributed by atoms with Gasteiger partial charge in [0.15, 0.2) is 5.75 Å². The Balaban J connectivity index is 2.00. The zero-order valence-corrected chi connectivity index (χ0v) is 19.0. The predicted octanol–water partition coefficient (Wildman–Crippen LogP) is 6.25. The van der Waals surface area contributed by atoms with Crippen molar-refractivity contribution in [1.29, 1.82) is 0 Å². The van der Waals surface area contributed by atoms with E-state index in [-0.39, 0.29) is 37.8 Å². The number of ether oxygens (including phenoxy) is 1. The van der Waals surface area contributed by atoms with E-state index >= 15 is 0 Å². The van der Waals surface area contributed by atoms with Gasteiger partial charge < -0.3 is 4.74 Å². The third-order valence-electron chi connectivity index (χ3n) is 4.20. The Labute approximate surface area is 195 Å². The Kier molecular flexibility index (Phi) is 7.28. The highest BCUT2D eigenvalue weighted by Gasteiger charge is 2.26. The lowest BCUT2D eigenvalue weighted by Gasteiger charge is -2.23. The van der Waals surface area contributed by atoms with Gasteiger partial charge in [-0.05, 0) is 42.5 Å². The summed E-state index contributed by atoms with van der Waals surface area (Å²) in [5.74, 6) is -0.845. The molecule has 3 aromatic rings. The maximum absolute atomic E-state index is 13.3. The van der Waals surface area contributed by atoms with Crippen molar-refractivity contribution in [2.75, 3.05) is 10.8 Å². The molecule has 160 valence electrons. The lowest BCUT2D eigenvalue weighted by Crippen LogP contribution is -2.31. The fourth-order valence-corrected chi connectivity index (χ4v) is 4.71. The van der Waals surface area contributed by atoms with Crippen LogP contribution in [0.2, 0.25) is 15.1 Å². The minimum Gasteiger partial charge on any atom is -0.421 e. The molecule has 0 aliphatic heterocycles. The number of benzene rings is 3. The van der Waals surface area contributed by atoms with Crippen LogP contribution in [0.3, 0.4) is 0 Å². The topological polar surface area (TPSA) is 63.7 Å². The SMILES string of the molecule is C=CCN(c1ccccc1)S(=O)(=O)c1ccc(Cl)c(C(=O)Oc2cccc(Cl)c2Cl)c1. The smallest absolute Gasteiger partial charge is 0.345 e. The zero-order valence-electron chi connectivity index (χ0n) is 16.0. The highest BCUT2D eigenvalue weighted by Crippen LogP contribution is 2.33. The van der Waals surface area contributed by atoms with Gasteiger partial charge in [0, 0.05) is 0 Å². The molecule has 0 bridgehead atoms. The highest BCUT2D eigenvalue weighted by molar-refractivity contribution is 7.92. The first-order valence-electron chi connectivity index (χ1n) is 8.90. The molecule has 0 spiro atoms. The molecule has 0 aliphatic rings. The Morgan fingerprint density at radius 1 is 0.968 bits per heavy atom. The fraction of sp³-hybridized carbons (Fsp3) is 0.0455. The number of para-hydroxylation sites is 1. The molecule has 0 saturated carbocycles. The van der Waals surface area contributed by atoms with Crippen LogP contribution in [0.5, 0.6) is 5.75 Å². The normalized spacial score (nSPS) is 11.1. The standard InChI is InChI=1S/C22H16Cl3NO4S/c1-2-13-26(15-7-4-3-5-8-15)31(28,29)16-11-12-18(23)17(14-16)22(27)30-20-10-6-9-19(24)21(20)25/h2-12,14H,1,13H2. The number of anilines is 1. The summed E-state index contributed by atoms with van der Waals surface area (Å²) in [5.41, 5.74) is 0.317. The van der Waals surface area contributed by atoms with Gasteiger partial charge in [0.1, 0.15) is 5.02 Å². The van der Waals surface area contributed by atoms with Gasteiger partial charge >= 0.3 is 5.97 Å². The van der Waals surface area contributed by atoms with Crippen molar-refractivity contribution in [2.24, 2.45) is 0 Å². The van der Waals surface area contributed by atoms with Gasteiger partial charge in [-0.3, -0.25) is 4.31 Å². The van der Waals surface area contributed by atoms with Gasteiger partial charge in [0.05, 0.1) is 32.7 Å². The van der Waals surface area contributed by atoms with E-state index in [1.807, 2.05) is 0 Å². The Morgan fingerprint density at radius 2 is 1.68 bits per heavy atom. The molecule has 0 saturated heterocycles. The lowest BCUT2D eigenvalue weighted by molar-refractivity contribution is 0.0735. The van der Waals surface area contributed by atoms with Crippen LogP contribution in [0, 0.1) is 0 Å². The number of esters is 1. The van der Waals surface area contributed by atoms with Crippen molar-refractivity contribution in [1.82, 2.24) is 0 Å². The summed E-state index contributed by atoms with van der Waals surface area (Å²) in [4.78, 5) is 12.6. The van der Waals surface area contributed by atoms with E-state index in [1.165, 1.54) is 28.6 Å². The van der Waals surface area contributed by atoms with E-state index in [9.17, 15) is 13.2 Å². The van der Waals surface area contributed by atoms with Gasteiger partial charge in [-0.15, -0.1) is 6.58 Å². The van der Waals surface area contributed by atoms with Gasteiger partial charge in [0.25, 0.3) is 10.0 Å². The predicted molar refractivity (Wildman–Crippen MR) is 124 cm³/mol. The summed E-state index contributed by atoms with van der Waals surface area (Å²) in [6.07, 6.45) is 1.47. The Bertz CT molecular complexity index is 1230. The molecule has 0 N–H and O–H groups in total. The van der Waals surface area contributed by atoms with Crippen LogP contribution in [-0.2, 0) is 10.0 Å². The molecule has 0 amide bonds. The summed E-state index contributed by atoms with van der Waals surface area (Å²) in [6, 6.07) is 16.9. The average molecular weight is 497 g/mol. The summed E-state index contributed by atoms with van der Waals surface area (Å²) in [6.45, 7) is 3.67. The Morgan fingerprint density at radius 3 is 2.35 bits per heavy atom. The number of hydrogen-bond acceptors (Lipinski definition) is 4. The quantitative estimate of drug-likeness (QED) is 0.220. The van der Waals surface area contributed by atoms with Crippen LogP contribution in [0.15, 0.2) is 84.3 Å². The van der Waals surface area contributed by atoms with E-state index in [0.29, 0.717) is 5.69 Å². The van der Waals surface area contributed by atoms with Crippen molar-refractivity contribution in [3.05, 3.63) is 100 Å². The number of hydrogen-bond donors (Lipinski definition) is 0. The molecule has 31 heavy (non-hydrogen) atoms. The average Bonchev–Trinajstić information content (AvgIpc) is 2.75. The Hall–Kier alpha value is -2.51. The molecular formula is C22H16Cl3NO4S. The van der Waals surface area contributed by atoms with E-state index in [1.54, 1.807) is 42.5 Å². The number of nitrogens with zero attached hydrogens (tertiary/aromatic N) is 1. The van der Waals surface area contributed by atoms with Gasteiger partial charge in [0.2, 0.25) is 0 Å². The molecule has 0 fully saturated rings. The first-order valence-corrected chi connectivity index (χ1v) is 11.5. The molecule has 3 rings (SSSR count). The minimum absolute atomic E-state index is 0.0251. The first kappa shape index (κ1) is 23.2. The van der Waals surface area contributed by atoms with Crippen molar-refractivity contribution < 1.29 is 17.9 Å². The summed E-state index contributed by atoms with van der Waals surface area (Å²) in [7, 11) is -4.03. The second kappa shape index (κ2) is 9.75. The lowest BCUT2D eigenvalue weighted by atomic mass is 10.2. The highest BCUT2D eigenvalue weighted by atomic mass is 35.5. The maximum Gasteiger partial charge on any atom is 0.345 e. The molecule has 0 atom stereocenters. The third kappa shape index (κ3) is 5.05. The van der Waals surface area contributed by atoms with Crippen LogP contribution >= 0.6 is 34.8 Å². The molecule has 9 heteroatoms. The van der Waals surface area contributed by atoms with Gasteiger partial charge in [-0.2, -0.15) is 0 Å². The van der Waals surface area contributed by atoms with Crippen molar-refractivity contribution in [3.8, 4) is 5.75 Å². The van der Waals surface area contributed by atoms with Gasteiger partial charge in [-0.25, -0.2) is 13.2 Å². The number of halogens is 3. The van der Waals surface area contributed by atoms with E-state index < -0.39 is 16.0 Å². The zero-order chi connectivity index (χ0) is 22.6. The molecule has 5 nitrogen and oxygen atoms in total. The van der Waals surface area contributed by atoms with Crippen molar-refractivity contribution >= 4 is 56.5 Å². The molecule has 0 aliphatic carbocycles.